The third-order valence-corrected chi connectivity index (χ3v) is 4.81. The fraction of sp³-hybridized carbons (Fsp3) is 1.00. The van der Waals surface area contributed by atoms with Gasteiger partial charge in [-0.05, 0) is 12.3 Å². The Morgan fingerprint density at radius 2 is 1.31 bits per heavy atom. The molecule has 0 aromatic carbocycles. The maximum Gasteiger partial charge on any atom is 0.187 e. The second-order valence-corrected chi connectivity index (χ2v) is 7.30. The fourth-order valence-corrected chi connectivity index (χ4v) is 3.33. The monoisotopic (exact) mass is 382 g/mol. The van der Waals surface area contributed by atoms with E-state index in [2.05, 4.69) is 0 Å². The van der Waals surface area contributed by atoms with E-state index in [0.717, 1.165) is 0 Å². The molecule has 0 bridgehead atoms. The van der Waals surface area contributed by atoms with Crippen molar-refractivity contribution in [1.82, 2.24) is 0 Å². The first-order valence-corrected chi connectivity index (χ1v) is 8.79. The molecule has 7 N–H and O–H groups in total. The standard InChI is InChI=1S/C16H30O10/c1-6(2)3-7-10(19)13(22)15(9(5-18)24-7)26-16-14(23)12(21)11(20)8(4-17)25-16/h6-23H,3-5H2,1-2H3/t7?,8?,9?,10-,11+,12?,13?,14+,15?,16?/m0/s1. The molecule has 2 rings (SSSR count). The molecule has 0 amide bonds. The van der Waals surface area contributed by atoms with Crippen LogP contribution in [0.4, 0.5) is 0 Å². The van der Waals surface area contributed by atoms with Crippen LogP contribution in [0.1, 0.15) is 20.3 Å². The highest BCUT2D eigenvalue weighted by molar-refractivity contribution is 4.95. The first-order valence-electron chi connectivity index (χ1n) is 8.79. The van der Waals surface area contributed by atoms with E-state index in [4.69, 9.17) is 14.2 Å². The first-order chi connectivity index (χ1) is 12.2. The number of aliphatic hydroxyl groups excluding tert-OH is 7. The average Bonchev–Trinajstić information content (AvgIpc) is 2.60. The molecule has 2 saturated heterocycles. The second kappa shape index (κ2) is 9.20. The molecule has 0 saturated carbocycles. The van der Waals surface area contributed by atoms with Crippen LogP contribution in [0.5, 0.6) is 0 Å². The summed E-state index contributed by atoms with van der Waals surface area (Å²) in [5.74, 6) is 0.184. The normalized spacial score (nSPS) is 47.3. The predicted molar refractivity (Wildman–Crippen MR) is 85.9 cm³/mol. The van der Waals surface area contributed by atoms with Gasteiger partial charge < -0.3 is 50.0 Å². The van der Waals surface area contributed by atoms with Gasteiger partial charge in [0.05, 0.1) is 19.3 Å². The third-order valence-electron chi connectivity index (χ3n) is 4.81. The Hall–Kier alpha value is -0.400. The lowest BCUT2D eigenvalue weighted by molar-refractivity contribution is -0.342. The van der Waals surface area contributed by atoms with E-state index < -0.39 is 74.4 Å². The summed E-state index contributed by atoms with van der Waals surface area (Å²) < 4.78 is 16.4. The van der Waals surface area contributed by atoms with Gasteiger partial charge in [-0.25, -0.2) is 0 Å². The zero-order valence-electron chi connectivity index (χ0n) is 14.8. The van der Waals surface area contributed by atoms with Crippen LogP contribution in [-0.4, -0.2) is 110 Å². The molecule has 154 valence electrons. The van der Waals surface area contributed by atoms with Gasteiger partial charge in [0.25, 0.3) is 0 Å². The Morgan fingerprint density at radius 1 is 0.731 bits per heavy atom. The van der Waals surface area contributed by atoms with Crippen molar-refractivity contribution in [2.75, 3.05) is 13.2 Å². The van der Waals surface area contributed by atoms with Crippen molar-refractivity contribution in [1.29, 1.82) is 0 Å². The van der Waals surface area contributed by atoms with Crippen LogP contribution in [-0.2, 0) is 14.2 Å². The second-order valence-electron chi connectivity index (χ2n) is 7.30. The highest BCUT2D eigenvalue weighted by Crippen LogP contribution is 2.30. The summed E-state index contributed by atoms with van der Waals surface area (Å²) in [6.07, 6.45) is -12.7. The van der Waals surface area contributed by atoms with Crippen molar-refractivity contribution >= 4 is 0 Å². The van der Waals surface area contributed by atoms with Crippen molar-refractivity contribution in [2.24, 2.45) is 5.92 Å². The van der Waals surface area contributed by atoms with Crippen molar-refractivity contribution in [3.8, 4) is 0 Å². The highest BCUT2D eigenvalue weighted by atomic mass is 16.7. The van der Waals surface area contributed by atoms with Crippen molar-refractivity contribution < 1.29 is 50.0 Å². The Balaban J connectivity index is 2.11. The summed E-state index contributed by atoms with van der Waals surface area (Å²) in [6, 6.07) is 0. The average molecular weight is 382 g/mol. The number of rotatable bonds is 6. The lowest BCUT2D eigenvalue weighted by Crippen LogP contribution is -2.64. The molecule has 0 spiro atoms. The zero-order valence-corrected chi connectivity index (χ0v) is 14.8. The Kier molecular flexibility index (Phi) is 7.74. The molecule has 10 heteroatoms. The molecule has 2 aliphatic heterocycles. The molecule has 2 fully saturated rings. The molecule has 0 aromatic rings. The summed E-state index contributed by atoms with van der Waals surface area (Å²) in [5, 5.41) is 69.1. The van der Waals surface area contributed by atoms with E-state index in [0.29, 0.717) is 6.42 Å². The van der Waals surface area contributed by atoms with E-state index in [1.54, 1.807) is 0 Å². The van der Waals surface area contributed by atoms with Gasteiger partial charge in [-0.2, -0.15) is 0 Å². The van der Waals surface area contributed by atoms with Crippen LogP contribution < -0.4 is 0 Å². The Morgan fingerprint density at radius 3 is 1.85 bits per heavy atom. The smallest absolute Gasteiger partial charge is 0.187 e. The number of ether oxygens (including phenoxy) is 3. The van der Waals surface area contributed by atoms with E-state index >= 15 is 0 Å². The molecule has 0 aromatic heterocycles. The van der Waals surface area contributed by atoms with E-state index in [1.807, 2.05) is 13.8 Å². The topological polar surface area (TPSA) is 169 Å². The van der Waals surface area contributed by atoms with Crippen LogP contribution in [0.3, 0.4) is 0 Å². The molecular formula is C16H30O10. The quantitative estimate of drug-likeness (QED) is 0.247. The zero-order chi connectivity index (χ0) is 19.6. The molecule has 2 aliphatic rings. The van der Waals surface area contributed by atoms with Gasteiger partial charge >= 0.3 is 0 Å². The van der Waals surface area contributed by atoms with Crippen molar-refractivity contribution in [3.63, 3.8) is 0 Å². The van der Waals surface area contributed by atoms with E-state index in [1.165, 1.54) is 0 Å². The van der Waals surface area contributed by atoms with Gasteiger partial charge in [0.15, 0.2) is 6.29 Å². The van der Waals surface area contributed by atoms with E-state index in [-0.39, 0.29) is 5.92 Å². The van der Waals surface area contributed by atoms with E-state index in [9.17, 15) is 35.7 Å². The maximum atomic E-state index is 10.4. The Labute approximate surface area is 151 Å². The van der Waals surface area contributed by atoms with Crippen molar-refractivity contribution in [3.05, 3.63) is 0 Å². The van der Waals surface area contributed by atoms with Crippen LogP contribution >= 0.6 is 0 Å². The number of hydrogen-bond acceptors (Lipinski definition) is 10. The Bertz CT molecular complexity index is 431. The molecule has 2 heterocycles. The summed E-state index contributed by atoms with van der Waals surface area (Å²) >= 11 is 0. The van der Waals surface area contributed by atoms with Crippen LogP contribution in [0.15, 0.2) is 0 Å². The van der Waals surface area contributed by atoms with Crippen molar-refractivity contribution in [2.45, 2.75) is 81.5 Å². The lowest BCUT2D eigenvalue weighted by atomic mass is 9.90. The maximum absolute atomic E-state index is 10.4. The largest absolute Gasteiger partial charge is 0.394 e. The third kappa shape index (κ3) is 4.53. The first kappa shape index (κ1) is 21.9. The predicted octanol–water partition coefficient (Wildman–Crippen LogP) is -3.30. The summed E-state index contributed by atoms with van der Waals surface area (Å²) in [7, 11) is 0. The summed E-state index contributed by atoms with van der Waals surface area (Å²) in [4.78, 5) is 0. The molecule has 0 radical (unpaired) electrons. The lowest BCUT2D eigenvalue weighted by Gasteiger charge is -2.46. The van der Waals surface area contributed by atoms with Gasteiger partial charge in [0, 0.05) is 0 Å². The van der Waals surface area contributed by atoms with Crippen LogP contribution in [0, 0.1) is 5.92 Å². The number of aliphatic hydroxyl groups is 7. The molecule has 0 aliphatic carbocycles. The minimum absolute atomic E-state index is 0.184. The summed E-state index contributed by atoms with van der Waals surface area (Å²) in [5.41, 5.74) is 0. The fourth-order valence-electron chi connectivity index (χ4n) is 3.33. The molecular weight excluding hydrogens is 352 g/mol. The molecule has 26 heavy (non-hydrogen) atoms. The summed E-state index contributed by atoms with van der Waals surface area (Å²) in [6.45, 7) is 2.71. The van der Waals surface area contributed by atoms with Gasteiger partial charge in [-0.3, -0.25) is 0 Å². The van der Waals surface area contributed by atoms with Crippen LogP contribution in [0.2, 0.25) is 0 Å². The van der Waals surface area contributed by atoms with Gasteiger partial charge in [0.1, 0.15) is 48.8 Å². The van der Waals surface area contributed by atoms with Crippen LogP contribution in [0.25, 0.3) is 0 Å². The molecule has 10 atom stereocenters. The minimum atomic E-state index is -1.66. The molecule has 7 unspecified atom stereocenters. The molecule has 10 nitrogen and oxygen atoms in total. The number of hydrogen-bond donors (Lipinski definition) is 7. The van der Waals surface area contributed by atoms with Gasteiger partial charge in [-0.1, -0.05) is 13.8 Å². The minimum Gasteiger partial charge on any atom is -0.394 e. The van der Waals surface area contributed by atoms with Gasteiger partial charge in [0.2, 0.25) is 0 Å². The SMILES string of the molecule is CC(C)CC1OC(CO)C(OC2OC(CO)[C@@H](O)C(O)[C@H]2O)C(O)[C@H]1O. The highest BCUT2D eigenvalue weighted by Gasteiger charge is 2.50. The van der Waals surface area contributed by atoms with Gasteiger partial charge in [-0.15, -0.1) is 0 Å².